The summed E-state index contributed by atoms with van der Waals surface area (Å²) in [5.41, 5.74) is 1.15. The lowest BCUT2D eigenvalue weighted by Crippen LogP contribution is -2.22. The largest absolute Gasteiger partial charge is 0.478 e. The number of rotatable bonds is 4. The Morgan fingerprint density at radius 1 is 1.56 bits per heavy atom. The van der Waals surface area contributed by atoms with Gasteiger partial charge in [-0.15, -0.1) is 0 Å². The van der Waals surface area contributed by atoms with Crippen molar-refractivity contribution in [2.24, 2.45) is 5.92 Å². The van der Waals surface area contributed by atoms with Gasteiger partial charge in [-0.05, 0) is 37.0 Å². The fourth-order valence-corrected chi connectivity index (χ4v) is 2.14. The molecule has 4 heteroatoms. The molecular formula is C12H14BrNO2. The maximum atomic E-state index is 11.1. The number of benzene rings is 1. The fourth-order valence-electron chi connectivity index (χ4n) is 1.79. The molecule has 0 atom stereocenters. The van der Waals surface area contributed by atoms with Crippen molar-refractivity contribution in [2.75, 3.05) is 18.5 Å². The lowest BCUT2D eigenvalue weighted by molar-refractivity contribution is 0.0697. The van der Waals surface area contributed by atoms with Gasteiger partial charge in [0.1, 0.15) is 0 Å². The van der Waals surface area contributed by atoms with Crippen molar-refractivity contribution in [3.05, 3.63) is 28.2 Å². The molecule has 0 bridgehead atoms. The summed E-state index contributed by atoms with van der Waals surface area (Å²) in [6.45, 7) is 0.941. The van der Waals surface area contributed by atoms with Crippen molar-refractivity contribution in [3.8, 4) is 0 Å². The Morgan fingerprint density at radius 2 is 2.25 bits per heavy atom. The molecule has 1 N–H and O–H groups in total. The molecule has 1 aromatic rings. The normalized spacial score (nSPS) is 14.9. The molecule has 2 rings (SSSR count). The molecule has 0 unspecified atom stereocenters. The van der Waals surface area contributed by atoms with E-state index in [1.54, 1.807) is 12.1 Å². The minimum absolute atomic E-state index is 0.367. The average molecular weight is 284 g/mol. The van der Waals surface area contributed by atoms with Crippen LogP contribution in [0, 0.1) is 5.92 Å². The van der Waals surface area contributed by atoms with Crippen molar-refractivity contribution < 1.29 is 9.90 Å². The fraction of sp³-hybridized carbons (Fsp3) is 0.417. The van der Waals surface area contributed by atoms with Crippen molar-refractivity contribution in [3.63, 3.8) is 0 Å². The van der Waals surface area contributed by atoms with Crippen LogP contribution in [0.1, 0.15) is 23.2 Å². The van der Waals surface area contributed by atoms with Crippen LogP contribution in [0.3, 0.4) is 0 Å². The monoisotopic (exact) mass is 283 g/mol. The first kappa shape index (κ1) is 11.5. The third-order valence-electron chi connectivity index (χ3n) is 2.83. The van der Waals surface area contributed by atoms with Crippen LogP contribution in [0.4, 0.5) is 5.69 Å². The van der Waals surface area contributed by atoms with E-state index in [1.807, 2.05) is 18.0 Å². The second-order valence-electron chi connectivity index (χ2n) is 4.29. The highest BCUT2D eigenvalue weighted by Gasteiger charge is 2.24. The predicted octanol–water partition coefficient (Wildman–Crippen LogP) is 2.99. The van der Waals surface area contributed by atoms with Gasteiger partial charge in [0, 0.05) is 18.1 Å². The Morgan fingerprint density at radius 3 is 2.81 bits per heavy atom. The maximum absolute atomic E-state index is 11.1. The Hall–Kier alpha value is -1.03. The number of halogens is 1. The van der Waals surface area contributed by atoms with Crippen LogP contribution < -0.4 is 4.90 Å². The summed E-state index contributed by atoms with van der Waals surface area (Å²) in [6.07, 6.45) is 2.53. The first-order valence-corrected chi connectivity index (χ1v) is 6.11. The van der Waals surface area contributed by atoms with Crippen LogP contribution in [0.5, 0.6) is 0 Å². The molecule has 86 valence electrons. The number of hydrogen-bond donors (Lipinski definition) is 1. The number of carboxylic acid groups (broad SMARTS) is 1. The number of aromatic carboxylic acids is 1. The van der Waals surface area contributed by atoms with Crippen molar-refractivity contribution in [2.45, 2.75) is 12.8 Å². The molecule has 0 heterocycles. The van der Waals surface area contributed by atoms with E-state index in [1.165, 1.54) is 12.8 Å². The van der Waals surface area contributed by atoms with Gasteiger partial charge >= 0.3 is 5.97 Å². The molecule has 3 nitrogen and oxygen atoms in total. The van der Waals surface area contributed by atoms with Gasteiger partial charge in [0.05, 0.1) is 11.3 Å². The Balaban J connectivity index is 2.27. The summed E-state index contributed by atoms with van der Waals surface area (Å²) < 4.78 is 0.912. The van der Waals surface area contributed by atoms with Crippen LogP contribution in [0.25, 0.3) is 0 Å². The van der Waals surface area contributed by atoms with Gasteiger partial charge in [-0.25, -0.2) is 4.79 Å². The quantitative estimate of drug-likeness (QED) is 0.924. The minimum Gasteiger partial charge on any atom is -0.478 e. The van der Waals surface area contributed by atoms with Crippen LogP contribution in [0.15, 0.2) is 22.7 Å². The van der Waals surface area contributed by atoms with E-state index in [4.69, 9.17) is 5.11 Å². The summed E-state index contributed by atoms with van der Waals surface area (Å²) in [4.78, 5) is 13.1. The van der Waals surface area contributed by atoms with E-state index in [9.17, 15) is 4.79 Å². The van der Waals surface area contributed by atoms with Gasteiger partial charge in [0.2, 0.25) is 0 Å². The highest BCUT2D eigenvalue weighted by molar-refractivity contribution is 9.10. The van der Waals surface area contributed by atoms with Gasteiger partial charge < -0.3 is 10.0 Å². The topological polar surface area (TPSA) is 40.5 Å². The highest BCUT2D eigenvalue weighted by Crippen LogP contribution is 2.32. The molecule has 0 aliphatic heterocycles. The standard InChI is InChI=1S/C12H14BrNO2/c1-14(7-8-2-3-8)11-6-9(13)4-5-10(11)12(15)16/h4-6,8H,2-3,7H2,1H3,(H,15,16). The molecule has 1 aliphatic rings. The summed E-state index contributed by atoms with van der Waals surface area (Å²) in [7, 11) is 1.95. The number of nitrogens with zero attached hydrogens (tertiary/aromatic N) is 1. The Labute approximate surface area is 103 Å². The zero-order chi connectivity index (χ0) is 11.7. The summed E-state index contributed by atoms with van der Waals surface area (Å²) in [5.74, 6) is -0.129. The SMILES string of the molecule is CN(CC1CC1)c1cc(Br)ccc1C(=O)O. The molecule has 1 saturated carbocycles. The van der Waals surface area contributed by atoms with Crippen LogP contribution >= 0.6 is 15.9 Å². The van der Waals surface area contributed by atoms with Gasteiger partial charge in [-0.1, -0.05) is 15.9 Å². The number of anilines is 1. The zero-order valence-electron chi connectivity index (χ0n) is 9.11. The van der Waals surface area contributed by atoms with Crippen molar-refractivity contribution in [1.29, 1.82) is 0 Å². The lowest BCUT2D eigenvalue weighted by Gasteiger charge is -2.21. The first-order valence-electron chi connectivity index (χ1n) is 5.32. The molecule has 1 aliphatic carbocycles. The lowest BCUT2D eigenvalue weighted by atomic mass is 10.1. The highest BCUT2D eigenvalue weighted by atomic mass is 79.9. The average Bonchev–Trinajstić information content (AvgIpc) is 3.01. The molecular weight excluding hydrogens is 270 g/mol. The Bertz CT molecular complexity index is 415. The maximum Gasteiger partial charge on any atom is 0.337 e. The molecule has 1 aromatic carbocycles. The molecule has 0 aromatic heterocycles. The molecule has 0 radical (unpaired) electrons. The number of hydrogen-bond acceptors (Lipinski definition) is 2. The van der Waals surface area contributed by atoms with Gasteiger partial charge in [0.15, 0.2) is 0 Å². The van der Waals surface area contributed by atoms with E-state index < -0.39 is 5.97 Å². The smallest absolute Gasteiger partial charge is 0.337 e. The number of carboxylic acids is 1. The van der Waals surface area contributed by atoms with E-state index in [0.29, 0.717) is 5.56 Å². The summed E-state index contributed by atoms with van der Waals surface area (Å²) >= 11 is 3.38. The molecule has 0 saturated heterocycles. The number of carbonyl (C=O) groups is 1. The molecule has 1 fully saturated rings. The third-order valence-corrected chi connectivity index (χ3v) is 3.32. The van der Waals surface area contributed by atoms with E-state index in [0.717, 1.165) is 22.6 Å². The van der Waals surface area contributed by atoms with Gasteiger partial charge in [-0.3, -0.25) is 0 Å². The first-order chi connectivity index (χ1) is 7.58. The van der Waals surface area contributed by atoms with Crippen LogP contribution in [0.2, 0.25) is 0 Å². The Kier molecular flexibility index (Phi) is 3.19. The molecule has 0 amide bonds. The second kappa shape index (κ2) is 4.45. The van der Waals surface area contributed by atoms with Gasteiger partial charge in [0.25, 0.3) is 0 Å². The zero-order valence-corrected chi connectivity index (χ0v) is 10.7. The summed E-state index contributed by atoms with van der Waals surface area (Å²) in [6, 6.07) is 5.27. The van der Waals surface area contributed by atoms with E-state index >= 15 is 0 Å². The van der Waals surface area contributed by atoms with E-state index in [-0.39, 0.29) is 0 Å². The van der Waals surface area contributed by atoms with E-state index in [2.05, 4.69) is 15.9 Å². The predicted molar refractivity (Wildman–Crippen MR) is 67.1 cm³/mol. The minimum atomic E-state index is -0.870. The van der Waals surface area contributed by atoms with Crippen LogP contribution in [-0.4, -0.2) is 24.7 Å². The van der Waals surface area contributed by atoms with Crippen molar-refractivity contribution >= 4 is 27.6 Å². The van der Waals surface area contributed by atoms with Crippen LogP contribution in [-0.2, 0) is 0 Å². The molecule has 0 spiro atoms. The third kappa shape index (κ3) is 2.55. The second-order valence-corrected chi connectivity index (χ2v) is 5.21. The molecule has 16 heavy (non-hydrogen) atoms. The summed E-state index contributed by atoms with van der Waals surface area (Å²) in [5, 5.41) is 9.11. The van der Waals surface area contributed by atoms with Crippen molar-refractivity contribution in [1.82, 2.24) is 0 Å². The van der Waals surface area contributed by atoms with Gasteiger partial charge in [-0.2, -0.15) is 0 Å².